The summed E-state index contributed by atoms with van der Waals surface area (Å²) < 4.78 is 17.3. The standard InChI is InChI=1S/C20H23NO4/c1-2-23-20(22)16-10-6-7-11-17(16)25-19(15-8-4-3-5-9-15)18-14-21-12-13-24-18/h3-11,18-19,21H,2,12-14H2,1H3/t18-,19?/m0/s1. The molecule has 0 aliphatic carbocycles. The molecule has 0 spiro atoms. The summed E-state index contributed by atoms with van der Waals surface area (Å²) in [6.45, 7) is 4.27. The number of carbonyl (C=O) groups is 1. The van der Waals surface area contributed by atoms with E-state index in [9.17, 15) is 4.79 Å². The maximum Gasteiger partial charge on any atom is 0.341 e. The van der Waals surface area contributed by atoms with Gasteiger partial charge in [-0.25, -0.2) is 4.79 Å². The summed E-state index contributed by atoms with van der Waals surface area (Å²) in [5, 5.41) is 3.33. The summed E-state index contributed by atoms with van der Waals surface area (Å²) in [7, 11) is 0. The van der Waals surface area contributed by atoms with Crippen LogP contribution in [-0.2, 0) is 9.47 Å². The van der Waals surface area contributed by atoms with E-state index >= 15 is 0 Å². The van der Waals surface area contributed by atoms with Gasteiger partial charge in [-0.1, -0.05) is 42.5 Å². The molecule has 0 radical (unpaired) electrons. The highest BCUT2D eigenvalue weighted by Gasteiger charge is 2.29. The molecule has 5 nitrogen and oxygen atoms in total. The smallest absolute Gasteiger partial charge is 0.341 e. The van der Waals surface area contributed by atoms with E-state index in [2.05, 4.69) is 5.32 Å². The van der Waals surface area contributed by atoms with Crippen molar-refractivity contribution in [3.63, 3.8) is 0 Å². The molecule has 1 aliphatic rings. The van der Waals surface area contributed by atoms with Gasteiger partial charge in [0.25, 0.3) is 0 Å². The van der Waals surface area contributed by atoms with Crippen molar-refractivity contribution in [2.75, 3.05) is 26.3 Å². The van der Waals surface area contributed by atoms with Crippen molar-refractivity contribution in [2.24, 2.45) is 0 Å². The second-order valence-electron chi connectivity index (χ2n) is 5.78. The second kappa shape index (κ2) is 8.65. The normalized spacial score (nSPS) is 18.4. The number of hydrogen-bond donors (Lipinski definition) is 1. The minimum atomic E-state index is -0.382. The summed E-state index contributed by atoms with van der Waals surface area (Å²) in [6, 6.07) is 17.1. The van der Waals surface area contributed by atoms with Gasteiger partial charge in [0.2, 0.25) is 0 Å². The fraction of sp³-hybridized carbons (Fsp3) is 0.350. The molecule has 2 aromatic carbocycles. The van der Waals surface area contributed by atoms with Crippen LogP contribution in [0, 0.1) is 0 Å². The van der Waals surface area contributed by atoms with Gasteiger partial charge in [0.15, 0.2) is 6.10 Å². The minimum Gasteiger partial charge on any atom is -0.482 e. The molecule has 2 aromatic rings. The van der Waals surface area contributed by atoms with E-state index in [0.29, 0.717) is 31.1 Å². The molecular formula is C20H23NO4. The maximum atomic E-state index is 12.2. The fourth-order valence-electron chi connectivity index (χ4n) is 2.87. The van der Waals surface area contributed by atoms with E-state index in [1.54, 1.807) is 25.1 Å². The Hall–Kier alpha value is -2.37. The molecular weight excluding hydrogens is 318 g/mol. The zero-order valence-electron chi connectivity index (χ0n) is 14.3. The van der Waals surface area contributed by atoms with Gasteiger partial charge in [-0.3, -0.25) is 0 Å². The number of esters is 1. The zero-order valence-corrected chi connectivity index (χ0v) is 14.3. The zero-order chi connectivity index (χ0) is 17.5. The summed E-state index contributed by atoms with van der Waals surface area (Å²) >= 11 is 0. The third kappa shape index (κ3) is 4.38. The second-order valence-corrected chi connectivity index (χ2v) is 5.78. The van der Waals surface area contributed by atoms with Crippen LogP contribution in [0.4, 0.5) is 0 Å². The van der Waals surface area contributed by atoms with Gasteiger partial charge in [-0.2, -0.15) is 0 Å². The molecule has 5 heteroatoms. The molecule has 1 fully saturated rings. The molecule has 132 valence electrons. The van der Waals surface area contributed by atoms with Gasteiger partial charge in [0.05, 0.1) is 13.2 Å². The van der Waals surface area contributed by atoms with Gasteiger partial charge in [0, 0.05) is 13.1 Å². The van der Waals surface area contributed by atoms with E-state index in [4.69, 9.17) is 14.2 Å². The first-order valence-electron chi connectivity index (χ1n) is 8.59. The van der Waals surface area contributed by atoms with Crippen LogP contribution in [0.1, 0.15) is 28.9 Å². The van der Waals surface area contributed by atoms with E-state index in [1.807, 2.05) is 36.4 Å². The Labute approximate surface area is 147 Å². The lowest BCUT2D eigenvalue weighted by molar-refractivity contribution is -0.0435. The number of benzene rings is 2. The van der Waals surface area contributed by atoms with Crippen molar-refractivity contribution < 1.29 is 19.0 Å². The SMILES string of the molecule is CCOC(=O)c1ccccc1OC(c1ccccc1)[C@@H]1CNCCO1. The molecule has 0 amide bonds. The Morgan fingerprint density at radius 3 is 2.68 bits per heavy atom. The molecule has 0 aromatic heterocycles. The molecule has 25 heavy (non-hydrogen) atoms. The van der Waals surface area contributed by atoms with Crippen molar-refractivity contribution in [3.05, 3.63) is 65.7 Å². The van der Waals surface area contributed by atoms with Crippen LogP contribution in [0.2, 0.25) is 0 Å². The lowest BCUT2D eigenvalue weighted by atomic mass is 10.0. The molecule has 2 atom stereocenters. The van der Waals surface area contributed by atoms with Crippen LogP contribution >= 0.6 is 0 Å². The van der Waals surface area contributed by atoms with Crippen LogP contribution in [0.25, 0.3) is 0 Å². The minimum absolute atomic E-state index is 0.133. The first-order chi connectivity index (χ1) is 12.3. The number of morpholine rings is 1. The van der Waals surface area contributed by atoms with Gasteiger partial charge in [-0.05, 0) is 24.6 Å². The largest absolute Gasteiger partial charge is 0.482 e. The number of nitrogens with one attached hydrogen (secondary N) is 1. The van der Waals surface area contributed by atoms with E-state index in [0.717, 1.165) is 12.1 Å². The molecule has 3 rings (SSSR count). The van der Waals surface area contributed by atoms with Crippen LogP contribution in [0.5, 0.6) is 5.75 Å². The Morgan fingerprint density at radius 2 is 1.96 bits per heavy atom. The van der Waals surface area contributed by atoms with Crippen LogP contribution in [-0.4, -0.2) is 38.4 Å². The Bertz CT molecular complexity index is 683. The first kappa shape index (κ1) is 17.5. The molecule has 0 saturated carbocycles. The average Bonchev–Trinajstić information content (AvgIpc) is 2.68. The summed E-state index contributed by atoms with van der Waals surface area (Å²) in [5.41, 5.74) is 1.43. The molecule has 1 N–H and O–H groups in total. The van der Waals surface area contributed by atoms with Crippen molar-refractivity contribution in [1.82, 2.24) is 5.32 Å². The number of ether oxygens (including phenoxy) is 3. The predicted molar refractivity (Wildman–Crippen MR) is 94.8 cm³/mol. The van der Waals surface area contributed by atoms with Gasteiger partial charge in [-0.15, -0.1) is 0 Å². The third-order valence-electron chi connectivity index (χ3n) is 4.06. The average molecular weight is 341 g/mol. The van der Waals surface area contributed by atoms with Gasteiger partial charge < -0.3 is 19.5 Å². The number of rotatable bonds is 6. The Kier molecular flexibility index (Phi) is 6.04. The predicted octanol–water partition coefficient (Wildman–Crippen LogP) is 2.97. The van der Waals surface area contributed by atoms with Crippen molar-refractivity contribution >= 4 is 5.97 Å². The van der Waals surface area contributed by atoms with Crippen LogP contribution < -0.4 is 10.1 Å². The molecule has 1 unspecified atom stereocenters. The van der Waals surface area contributed by atoms with Crippen molar-refractivity contribution in [1.29, 1.82) is 0 Å². The molecule has 0 bridgehead atoms. The number of hydrogen-bond acceptors (Lipinski definition) is 5. The summed E-state index contributed by atoms with van der Waals surface area (Å²) in [6.07, 6.45) is -0.448. The van der Waals surface area contributed by atoms with Gasteiger partial charge in [0.1, 0.15) is 17.4 Å². The highest BCUT2D eigenvalue weighted by molar-refractivity contribution is 5.92. The molecule has 1 saturated heterocycles. The van der Waals surface area contributed by atoms with Crippen LogP contribution in [0.3, 0.4) is 0 Å². The lowest BCUT2D eigenvalue weighted by Crippen LogP contribution is -2.43. The molecule has 1 aliphatic heterocycles. The first-order valence-corrected chi connectivity index (χ1v) is 8.59. The quantitative estimate of drug-likeness (QED) is 0.819. The van der Waals surface area contributed by atoms with E-state index in [1.165, 1.54) is 0 Å². The summed E-state index contributed by atoms with van der Waals surface area (Å²) in [5.74, 6) is 0.122. The Balaban J connectivity index is 1.89. The molecule has 1 heterocycles. The monoisotopic (exact) mass is 341 g/mol. The fourth-order valence-corrected chi connectivity index (χ4v) is 2.87. The van der Waals surface area contributed by atoms with Crippen LogP contribution in [0.15, 0.2) is 54.6 Å². The lowest BCUT2D eigenvalue weighted by Gasteiger charge is -2.32. The number of carbonyl (C=O) groups excluding carboxylic acids is 1. The highest BCUT2D eigenvalue weighted by atomic mass is 16.6. The summed E-state index contributed by atoms with van der Waals surface area (Å²) in [4.78, 5) is 12.2. The highest BCUT2D eigenvalue weighted by Crippen LogP contribution is 2.30. The van der Waals surface area contributed by atoms with E-state index < -0.39 is 0 Å². The topological polar surface area (TPSA) is 56.8 Å². The number of para-hydroxylation sites is 1. The maximum absolute atomic E-state index is 12.2. The Morgan fingerprint density at radius 1 is 1.20 bits per heavy atom. The van der Waals surface area contributed by atoms with Crippen molar-refractivity contribution in [2.45, 2.75) is 19.1 Å². The van der Waals surface area contributed by atoms with Gasteiger partial charge >= 0.3 is 5.97 Å². The third-order valence-corrected chi connectivity index (χ3v) is 4.06. The van der Waals surface area contributed by atoms with Crippen molar-refractivity contribution in [3.8, 4) is 5.75 Å². The van der Waals surface area contributed by atoms with E-state index in [-0.39, 0.29) is 18.2 Å².